The van der Waals surface area contributed by atoms with Crippen LogP contribution < -0.4 is 20.6 Å². The maximum atomic E-state index is 2.69. The van der Waals surface area contributed by atoms with Gasteiger partial charge in [-0.2, -0.15) is 0 Å². The van der Waals surface area contributed by atoms with Gasteiger partial charge in [-0.15, -0.1) is 0 Å². The van der Waals surface area contributed by atoms with Gasteiger partial charge in [0.15, 0.2) is 0 Å². The minimum Gasteiger partial charge on any atom is -0.376 e. The molecule has 15 rings (SSSR count). The van der Waals surface area contributed by atoms with Crippen LogP contribution in [0.1, 0.15) is 47.2 Å². The van der Waals surface area contributed by atoms with Crippen LogP contribution in [0, 0.1) is 0 Å². The first kappa shape index (κ1) is 35.6. The third kappa shape index (κ3) is 4.32. The fourth-order valence-electron chi connectivity index (χ4n) is 13.2. The molecule has 0 bridgehead atoms. The van der Waals surface area contributed by atoms with E-state index in [4.69, 9.17) is 0 Å². The second-order valence-electron chi connectivity index (χ2n) is 19.1. The van der Waals surface area contributed by atoms with Crippen molar-refractivity contribution in [3.8, 4) is 44.5 Å². The quantitative estimate of drug-likeness (QED) is 0.160. The lowest BCUT2D eigenvalue weighted by Crippen LogP contribution is -2.63. The standard InChI is InChI=1S/C62H41BN2/c1-61(2)47-24-11-10-23-45(47)57-52(61)37-56-59-58(57)46-35-40-19-6-7-20-41(40)36-55(46)65(42-33-31-39(32-34-42)38-17-4-3-5-18-38)63(59)53-29-16-28-51-60(53)64(56)54-30-15-14-27-50(54)62(51)48-25-12-8-21-43(48)44-22-9-13-26-49(44)62/h3-37H,1-2H3. The number of benzene rings is 10. The Morgan fingerprint density at radius 3 is 1.71 bits per heavy atom. The molecule has 5 aliphatic rings. The predicted molar refractivity (Wildman–Crippen MR) is 272 cm³/mol. The van der Waals surface area contributed by atoms with Crippen molar-refractivity contribution >= 4 is 57.0 Å². The molecule has 1 spiro atoms. The highest BCUT2D eigenvalue weighted by Gasteiger charge is 2.56. The van der Waals surface area contributed by atoms with Crippen LogP contribution >= 0.6 is 0 Å². The topological polar surface area (TPSA) is 6.48 Å². The molecule has 0 aromatic heterocycles. The summed E-state index contributed by atoms with van der Waals surface area (Å²) in [5.74, 6) is 0. The second kappa shape index (κ2) is 12.4. The summed E-state index contributed by atoms with van der Waals surface area (Å²) in [6, 6.07) is 80.7. The molecule has 2 nitrogen and oxygen atoms in total. The van der Waals surface area contributed by atoms with E-state index in [2.05, 4.69) is 236 Å². The molecule has 0 saturated heterocycles. The first-order valence-electron chi connectivity index (χ1n) is 23.0. The van der Waals surface area contributed by atoms with Gasteiger partial charge in [0.2, 0.25) is 0 Å². The van der Waals surface area contributed by atoms with Crippen LogP contribution in [0.5, 0.6) is 0 Å². The molecule has 3 heterocycles. The van der Waals surface area contributed by atoms with E-state index in [1.54, 1.807) is 0 Å². The van der Waals surface area contributed by atoms with Crippen LogP contribution in [0.3, 0.4) is 0 Å². The Morgan fingerprint density at radius 2 is 0.969 bits per heavy atom. The monoisotopic (exact) mass is 824 g/mol. The Labute approximate surface area is 379 Å². The van der Waals surface area contributed by atoms with Crippen LogP contribution in [0.15, 0.2) is 212 Å². The summed E-state index contributed by atoms with van der Waals surface area (Å²) in [6.07, 6.45) is 0. The third-order valence-electron chi connectivity index (χ3n) is 15.8. The Morgan fingerprint density at radius 1 is 0.385 bits per heavy atom. The maximum Gasteiger partial charge on any atom is 0.333 e. The Kier molecular flexibility index (Phi) is 6.80. The van der Waals surface area contributed by atoms with E-state index in [1.165, 1.54) is 128 Å². The van der Waals surface area contributed by atoms with Gasteiger partial charge < -0.3 is 9.71 Å². The molecule has 0 fully saturated rings. The largest absolute Gasteiger partial charge is 0.376 e. The molecular weight excluding hydrogens is 784 g/mol. The molecule has 3 aliphatic heterocycles. The maximum absolute atomic E-state index is 2.69. The molecule has 0 saturated carbocycles. The van der Waals surface area contributed by atoms with Crippen LogP contribution in [0.4, 0.5) is 28.4 Å². The smallest absolute Gasteiger partial charge is 0.333 e. The number of rotatable bonds is 2. The van der Waals surface area contributed by atoms with Gasteiger partial charge in [-0.3, -0.25) is 0 Å². The predicted octanol–water partition coefficient (Wildman–Crippen LogP) is 14.2. The Hall–Kier alpha value is -7.88. The average Bonchev–Trinajstić information content (AvgIpc) is 3.78. The zero-order valence-electron chi connectivity index (χ0n) is 36.2. The van der Waals surface area contributed by atoms with Gasteiger partial charge in [-0.25, -0.2) is 0 Å². The third-order valence-corrected chi connectivity index (χ3v) is 15.8. The molecule has 0 unspecified atom stereocenters. The van der Waals surface area contributed by atoms with Crippen molar-refractivity contribution in [2.45, 2.75) is 24.7 Å². The van der Waals surface area contributed by atoms with E-state index in [-0.39, 0.29) is 12.3 Å². The SMILES string of the molecule is CC1(C)c2ccccc2-c2c1cc1c3c2-c2cc4ccccc4cc2N(c2ccc(-c4ccccc4)cc2)B3c2cccc3c2N1c1ccccc1C31c2ccccc2-c2ccccc21. The molecular formula is C62H41BN2. The molecule has 0 atom stereocenters. The van der Waals surface area contributed by atoms with E-state index >= 15 is 0 Å². The van der Waals surface area contributed by atoms with Crippen molar-refractivity contribution < 1.29 is 0 Å². The van der Waals surface area contributed by atoms with Crippen LogP contribution in [-0.2, 0) is 10.8 Å². The normalized spacial score (nSPS) is 15.4. The van der Waals surface area contributed by atoms with Crippen LogP contribution in [0.2, 0.25) is 0 Å². The Balaban J connectivity index is 1.11. The van der Waals surface area contributed by atoms with E-state index in [1.807, 2.05) is 0 Å². The summed E-state index contributed by atoms with van der Waals surface area (Å²) >= 11 is 0. The van der Waals surface area contributed by atoms with E-state index in [0.29, 0.717) is 0 Å². The van der Waals surface area contributed by atoms with Gasteiger partial charge in [0, 0.05) is 33.7 Å². The fourth-order valence-corrected chi connectivity index (χ4v) is 13.2. The Bertz CT molecular complexity index is 3670. The second-order valence-corrected chi connectivity index (χ2v) is 19.1. The van der Waals surface area contributed by atoms with Crippen molar-refractivity contribution in [1.29, 1.82) is 0 Å². The van der Waals surface area contributed by atoms with Gasteiger partial charge in [0.1, 0.15) is 0 Å². The molecule has 3 heteroatoms. The summed E-state index contributed by atoms with van der Waals surface area (Å²) in [6.45, 7) is 4.75. The molecule has 10 aromatic rings. The number of hydrogen-bond acceptors (Lipinski definition) is 2. The molecule has 0 radical (unpaired) electrons. The first-order chi connectivity index (χ1) is 32.0. The molecule has 0 N–H and O–H groups in total. The lowest BCUT2D eigenvalue weighted by Gasteiger charge is -2.52. The summed E-state index contributed by atoms with van der Waals surface area (Å²) in [7, 11) is 0. The van der Waals surface area contributed by atoms with Crippen molar-refractivity contribution in [1.82, 2.24) is 0 Å². The van der Waals surface area contributed by atoms with Gasteiger partial charge in [0.25, 0.3) is 0 Å². The van der Waals surface area contributed by atoms with E-state index < -0.39 is 5.41 Å². The van der Waals surface area contributed by atoms with Gasteiger partial charge in [-0.05, 0) is 130 Å². The lowest BCUT2D eigenvalue weighted by atomic mass is 9.42. The molecule has 10 aromatic carbocycles. The molecule has 302 valence electrons. The minimum atomic E-state index is -0.511. The molecule has 2 aliphatic carbocycles. The number of fused-ring (bicyclic) bond motifs is 18. The number of anilines is 5. The van der Waals surface area contributed by atoms with Crippen molar-refractivity contribution in [3.05, 3.63) is 246 Å². The van der Waals surface area contributed by atoms with Gasteiger partial charge in [-0.1, -0.05) is 190 Å². The van der Waals surface area contributed by atoms with Crippen molar-refractivity contribution in [2.75, 3.05) is 9.71 Å². The van der Waals surface area contributed by atoms with E-state index in [9.17, 15) is 0 Å². The summed E-state index contributed by atoms with van der Waals surface area (Å²) < 4.78 is 0. The van der Waals surface area contributed by atoms with Gasteiger partial charge in [0.05, 0.1) is 11.1 Å². The van der Waals surface area contributed by atoms with Crippen molar-refractivity contribution in [2.24, 2.45) is 0 Å². The van der Waals surface area contributed by atoms with Gasteiger partial charge >= 0.3 is 6.85 Å². The molecule has 65 heavy (non-hydrogen) atoms. The first-order valence-corrected chi connectivity index (χ1v) is 23.0. The number of nitrogens with zero attached hydrogens (tertiary/aromatic N) is 2. The highest BCUT2D eigenvalue weighted by molar-refractivity contribution is 6.94. The summed E-state index contributed by atoms with van der Waals surface area (Å²) in [5, 5.41) is 2.50. The van der Waals surface area contributed by atoms with Crippen molar-refractivity contribution in [3.63, 3.8) is 0 Å². The highest BCUT2D eigenvalue weighted by atomic mass is 15.2. The highest BCUT2D eigenvalue weighted by Crippen LogP contribution is 2.65. The zero-order valence-corrected chi connectivity index (χ0v) is 36.2. The van der Waals surface area contributed by atoms with E-state index in [0.717, 1.165) is 0 Å². The van der Waals surface area contributed by atoms with Crippen LogP contribution in [-0.4, -0.2) is 6.85 Å². The average molecular weight is 825 g/mol. The zero-order chi connectivity index (χ0) is 42.8. The minimum absolute atomic E-state index is 0.127. The lowest BCUT2D eigenvalue weighted by molar-refractivity contribution is 0.660. The number of hydrogen-bond donors (Lipinski definition) is 0. The molecule has 0 amide bonds. The van der Waals surface area contributed by atoms with Crippen LogP contribution in [0.25, 0.3) is 55.3 Å². The fraction of sp³-hybridized carbons (Fsp3) is 0.0645. The number of para-hydroxylation sites is 2. The summed E-state index contributed by atoms with van der Waals surface area (Å²) in [5.41, 5.74) is 26.8. The summed E-state index contributed by atoms with van der Waals surface area (Å²) in [4.78, 5) is 5.38.